The highest BCUT2D eigenvalue weighted by molar-refractivity contribution is 5.94. The van der Waals surface area contributed by atoms with E-state index in [9.17, 15) is 4.79 Å². The molecule has 1 N–H and O–H groups in total. The van der Waals surface area contributed by atoms with Crippen molar-refractivity contribution in [3.63, 3.8) is 0 Å². The molecule has 0 aliphatic carbocycles. The molecule has 124 valence electrons. The molecule has 0 atom stereocenters. The van der Waals surface area contributed by atoms with Gasteiger partial charge >= 0.3 is 0 Å². The van der Waals surface area contributed by atoms with Crippen LogP contribution in [0.1, 0.15) is 20.3 Å². The molecule has 0 unspecified atom stereocenters. The summed E-state index contributed by atoms with van der Waals surface area (Å²) in [6.45, 7) is 4.05. The van der Waals surface area contributed by atoms with Gasteiger partial charge in [-0.1, -0.05) is 19.9 Å². The third-order valence-electron chi connectivity index (χ3n) is 3.74. The Labute approximate surface area is 141 Å². The fraction of sp³-hybridized carbons (Fsp3) is 0.263. The fourth-order valence-corrected chi connectivity index (χ4v) is 2.62. The molecule has 24 heavy (non-hydrogen) atoms. The number of hydrogen-bond donors (Lipinski definition) is 1. The van der Waals surface area contributed by atoms with Gasteiger partial charge in [0.2, 0.25) is 5.91 Å². The largest absolute Gasteiger partial charge is 0.497 e. The van der Waals surface area contributed by atoms with Crippen molar-refractivity contribution in [2.45, 2.75) is 20.3 Å². The topological polar surface area (TPSA) is 55.6 Å². The zero-order chi connectivity index (χ0) is 17.1. The Morgan fingerprint density at radius 3 is 2.62 bits per heavy atom. The lowest BCUT2D eigenvalue weighted by atomic mass is 10.1. The van der Waals surface area contributed by atoms with Crippen LogP contribution in [0.3, 0.4) is 0 Å². The number of benzene rings is 1. The van der Waals surface area contributed by atoms with Gasteiger partial charge in [-0.3, -0.25) is 9.20 Å². The number of nitrogens with one attached hydrogen (secondary N) is 1. The quantitative estimate of drug-likeness (QED) is 0.772. The van der Waals surface area contributed by atoms with E-state index in [0.29, 0.717) is 18.2 Å². The molecule has 5 nitrogen and oxygen atoms in total. The number of carbonyl (C=O) groups excluding carboxylic acids is 1. The molecule has 3 aromatic rings. The normalized spacial score (nSPS) is 11.0. The highest BCUT2D eigenvalue weighted by Crippen LogP contribution is 2.30. The molecule has 0 aliphatic heterocycles. The van der Waals surface area contributed by atoms with Crippen LogP contribution in [-0.4, -0.2) is 22.4 Å². The lowest BCUT2D eigenvalue weighted by Crippen LogP contribution is -2.15. The summed E-state index contributed by atoms with van der Waals surface area (Å²) in [7, 11) is 1.64. The van der Waals surface area contributed by atoms with E-state index in [4.69, 9.17) is 4.74 Å². The molecule has 5 heteroatoms. The van der Waals surface area contributed by atoms with Crippen LogP contribution in [0.25, 0.3) is 16.9 Å². The van der Waals surface area contributed by atoms with Crippen molar-refractivity contribution in [2.24, 2.45) is 5.92 Å². The Bertz CT molecular complexity index is 851. The predicted octanol–water partition coefficient (Wildman–Crippen LogP) is 3.99. The Morgan fingerprint density at radius 2 is 1.96 bits per heavy atom. The number of carbonyl (C=O) groups is 1. The molecule has 0 radical (unpaired) electrons. The maximum Gasteiger partial charge on any atom is 0.225 e. The number of rotatable bonds is 5. The fourth-order valence-electron chi connectivity index (χ4n) is 2.62. The van der Waals surface area contributed by atoms with Crippen LogP contribution in [0, 0.1) is 5.92 Å². The van der Waals surface area contributed by atoms with E-state index in [2.05, 4.69) is 10.3 Å². The van der Waals surface area contributed by atoms with Crippen molar-refractivity contribution in [1.82, 2.24) is 9.38 Å². The Morgan fingerprint density at radius 1 is 1.21 bits per heavy atom. The molecule has 0 fully saturated rings. The van der Waals surface area contributed by atoms with E-state index >= 15 is 0 Å². The zero-order valence-electron chi connectivity index (χ0n) is 14.1. The zero-order valence-corrected chi connectivity index (χ0v) is 14.1. The van der Waals surface area contributed by atoms with Crippen LogP contribution in [0.15, 0.2) is 48.7 Å². The van der Waals surface area contributed by atoms with Crippen LogP contribution >= 0.6 is 0 Å². The third-order valence-corrected chi connectivity index (χ3v) is 3.74. The van der Waals surface area contributed by atoms with Gasteiger partial charge in [-0.15, -0.1) is 0 Å². The number of imidazole rings is 1. The molecule has 1 amide bonds. The molecule has 2 aromatic heterocycles. The average Bonchev–Trinajstić information content (AvgIpc) is 2.93. The predicted molar refractivity (Wildman–Crippen MR) is 95.3 cm³/mol. The van der Waals surface area contributed by atoms with E-state index in [0.717, 1.165) is 22.7 Å². The number of pyridine rings is 1. The number of aromatic nitrogens is 2. The molecule has 1 aromatic carbocycles. The lowest BCUT2D eigenvalue weighted by Gasteiger charge is -2.09. The first kappa shape index (κ1) is 16.1. The summed E-state index contributed by atoms with van der Waals surface area (Å²) >= 11 is 0. The first-order valence-electron chi connectivity index (χ1n) is 8.00. The van der Waals surface area contributed by atoms with E-state index < -0.39 is 0 Å². The van der Waals surface area contributed by atoms with E-state index in [1.165, 1.54) is 0 Å². The monoisotopic (exact) mass is 323 g/mol. The Hall–Kier alpha value is -2.82. The lowest BCUT2D eigenvalue weighted by molar-refractivity contribution is -0.116. The number of hydrogen-bond acceptors (Lipinski definition) is 3. The molecule has 2 heterocycles. The number of ether oxygens (including phenoxy) is 1. The van der Waals surface area contributed by atoms with Crippen molar-refractivity contribution in [2.75, 3.05) is 12.4 Å². The summed E-state index contributed by atoms with van der Waals surface area (Å²) in [5.74, 6) is 1.77. The van der Waals surface area contributed by atoms with Gasteiger partial charge in [-0.2, -0.15) is 0 Å². The van der Waals surface area contributed by atoms with E-state index in [-0.39, 0.29) is 5.91 Å². The molecule has 0 saturated carbocycles. The van der Waals surface area contributed by atoms with Crippen LogP contribution < -0.4 is 10.1 Å². The van der Waals surface area contributed by atoms with Crippen molar-refractivity contribution >= 4 is 17.4 Å². The number of amides is 1. The highest BCUT2D eigenvalue weighted by atomic mass is 16.5. The molecule has 0 aliphatic rings. The van der Waals surface area contributed by atoms with E-state index in [1.807, 2.05) is 66.9 Å². The minimum atomic E-state index is -0.00888. The summed E-state index contributed by atoms with van der Waals surface area (Å²) in [4.78, 5) is 17.0. The Balaban J connectivity index is 2.05. The van der Waals surface area contributed by atoms with Gasteiger partial charge < -0.3 is 10.1 Å². The summed E-state index contributed by atoms with van der Waals surface area (Å²) < 4.78 is 7.11. The highest BCUT2D eigenvalue weighted by Gasteiger charge is 2.16. The standard InChI is InChI=1S/C19H21N3O2/c1-13(2)12-17(23)21-19-18(14-7-9-15(24-3)10-8-14)20-16-6-4-5-11-22(16)19/h4-11,13H,12H2,1-3H3,(H,21,23). The molecule has 0 saturated heterocycles. The molecule has 0 spiro atoms. The van der Waals surface area contributed by atoms with Crippen LogP contribution in [0.5, 0.6) is 5.75 Å². The summed E-state index contributed by atoms with van der Waals surface area (Å²) in [6, 6.07) is 13.4. The number of methoxy groups -OCH3 is 1. The maximum absolute atomic E-state index is 12.3. The van der Waals surface area contributed by atoms with Gasteiger partial charge in [-0.05, 0) is 42.3 Å². The second-order valence-electron chi connectivity index (χ2n) is 6.11. The van der Waals surface area contributed by atoms with Gasteiger partial charge in [0.1, 0.15) is 22.9 Å². The van der Waals surface area contributed by atoms with Gasteiger partial charge in [0.25, 0.3) is 0 Å². The van der Waals surface area contributed by atoms with Crippen molar-refractivity contribution in [3.05, 3.63) is 48.7 Å². The number of fused-ring (bicyclic) bond motifs is 1. The second kappa shape index (κ2) is 6.74. The second-order valence-corrected chi connectivity index (χ2v) is 6.11. The first-order valence-corrected chi connectivity index (χ1v) is 8.00. The van der Waals surface area contributed by atoms with Crippen molar-refractivity contribution in [3.8, 4) is 17.0 Å². The molecule has 3 rings (SSSR count). The van der Waals surface area contributed by atoms with Gasteiger partial charge in [-0.25, -0.2) is 4.98 Å². The van der Waals surface area contributed by atoms with Crippen LogP contribution in [0.4, 0.5) is 5.82 Å². The average molecular weight is 323 g/mol. The third kappa shape index (κ3) is 3.25. The minimum absolute atomic E-state index is 0.00888. The van der Waals surface area contributed by atoms with Gasteiger partial charge in [0.05, 0.1) is 7.11 Å². The van der Waals surface area contributed by atoms with Crippen LogP contribution in [-0.2, 0) is 4.79 Å². The molecular formula is C19H21N3O2. The molecular weight excluding hydrogens is 302 g/mol. The van der Waals surface area contributed by atoms with Crippen molar-refractivity contribution < 1.29 is 9.53 Å². The molecule has 0 bridgehead atoms. The first-order chi connectivity index (χ1) is 11.6. The Kier molecular flexibility index (Phi) is 4.51. The van der Waals surface area contributed by atoms with Gasteiger partial charge in [0, 0.05) is 18.2 Å². The van der Waals surface area contributed by atoms with E-state index in [1.54, 1.807) is 7.11 Å². The van der Waals surface area contributed by atoms with Crippen molar-refractivity contribution in [1.29, 1.82) is 0 Å². The minimum Gasteiger partial charge on any atom is -0.497 e. The number of nitrogens with zero attached hydrogens (tertiary/aromatic N) is 2. The smallest absolute Gasteiger partial charge is 0.225 e. The summed E-state index contributed by atoms with van der Waals surface area (Å²) in [5.41, 5.74) is 2.48. The maximum atomic E-state index is 12.3. The van der Waals surface area contributed by atoms with Crippen LogP contribution in [0.2, 0.25) is 0 Å². The summed E-state index contributed by atoms with van der Waals surface area (Å²) in [5, 5.41) is 3.02. The summed E-state index contributed by atoms with van der Waals surface area (Å²) in [6.07, 6.45) is 2.38. The number of anilines is 1. The SMILES string of the molecule is COc1ccc(-c2nc3ccccn3c2NC(=O)CC(C)C)cc1. The van der Waals surface area contributed by atoms with Gasteiger partial charge in [0.15, 0.2) is 0 Å².